The highest BCUT2D eigenvalue weighted by Crippen LogP contribution is 2.27. The monoisotopic (exact) mass is 352 g/mol. The Morgan fingerprint density at radius 2 is 1.79 bits per heavy atom. The summed E-state index contributed by atoms with van der Waals surface area (Å²) in [6, 6.07) is 5.90. The van der Waals surface area contributed by atoms with E-state index in [1.807, 2.05) is 6.92 Å². The second-order valence-electron chi connectivity index (χ2n) is 6.92. The third kappa shape index (κ3) is 5.31. The molecular weight excluding hydrogens is 324 g/mol. The van der Waals surface area contributed by atoms with Crippen LogP contribution in [0.2, 0.25) is 0 Å². The molecule has 2 unspecified atom stereocenters. The van der Waals surface area contributed by atoms with E-state index < -0.39 is 15.9 Å². The molecule has 1 aromatic carbocycles. The van der Waals surface area contributed by atoms with Crippen molar-refractivity contribution in [3.05, 3.63) is 29.8 Å². The average molecular weight is 352 g/mol. The molecule has 1 aromatic rings. The van der Waals surface area contributed by atoms with Gasteiger partial charge in [0.15, 0.2) is 9.84 Å². The Balaban J connectivity index is 1.90. The molecule has 1 fully saturated rings. The molecule has 1 aliphatic carbocycles. The van der Waals surface area contributed by atoms with Crippen LogP contribution >= 0.6 is 0 Å². The average Bonchev–Trinajstić information content (AvgIpc) is 2.55. The first kappa shape index (κ1) is 18.9. The van der Waals surface area contributed by atoms with Gasteiger partial charge in [0.05, 0.1) is 17.0 Å². The summed E-state index contributed by atoms with van der Waals surface area (Å²) >= 11 is 0. The molecule has 0 radical (unpaired) electrons. The minimum atomic E-state index is -3.21. The molecule has 134 valence electrons. The maximum Gasteiger partial charge on any atom is 0.237 e. The molecule has 0 spiro atoms. The second kappa shape index (κ2) is 8.12. The highest BCUT2D eigenvalue weighted by Gasteiger charge is 2.22. The lowest BCUT2D eigenvalue weighted by Crippen LogP contribution is -2.42. The second-order valence-corrected chi connectivity index (χ2v) is 8.93. The summed E-state index contributed by atoms with van der Waals surface area (Å²) < 4.78 is 23.0. The highest BCUT2D eigenvalue weighted by molar-refractivity contribution is 7.90. The van der Waals surface area contributed by atoms with E-state index in [4.69, 9.17) is 5.73 Å². The minimum Gasteiger partial charge on any atom is -0.348 e. The zero-order valence-corrected chi connectivity index (χ0v) is 15.3. The predicted molar refractivity (Wildman–Crippen MR) is 95.3 cm³/mol. The van der Waals surface area contributed by atoms with Crippen molar-refractivity contribution in [3.63, 3.8) is 0 Å². The first-order valence-corrected chi connectivity index (χ1v) is 10.5. The maximum absolute atomic E-state index is 12.3. The van der Waals surface area contributed by atoms with E-state index in [1.54, 1.807) is 24.3 Å². The van der Waals surface area contributed by atoms with Crippen LogP contribution in [0.5, 0.6) is 0 Å². The Labute approximate surface area is 144 Å². The van der Waals surface area contributed by atoms with Gasteiger partial charge >= 0.3 is 0 Å². The van der Waals surface area contributed by atoms with Crippen LogP contribution < -0.4 is 11.1 Å². The lowest BCUT2D eigenvalue weighted by molar-refractivity contribution is -0.123. The van der Waals surface area contributed by atoms with Crippen molar-refractivity contribution in [2.24, 2.45) is 11.7 Å². The van der Waals surface area contributed by atoms with Crippen molar-refractivity contribution >= 4 is 15.7 Å². The molecule has 0 heterocycles. The van der Waals surface area contributed by atoms with Crippen molar-refractivity contribution in [1.29, 1.82) is 0 Å². The van der Waals surface area contributed by atoms with Crippen molar-refractivity contribution in [3.8, 4) is 0 Å². The number of rotatable bonds is 6. The van der Waals surface area contributed by atoms with Gasteiger partial charge in [-0.2, -0.15) is 0 Å². The van der Waals surface area contributed by atoms with Crippen LogP contribution in [0.15, 0.2) is 29.2 Å². The SMILES string of the molecule is CC(NC(=O)C(N)CC1CCCCC1)c1ccc(S(C)(=O)=O)cc1. The largest absolute Gasteiger partial charge is 0.348 e. The van der Waals surface area contributed by atoms with Gasteiger partial charge in [-0.3, -0.25) is 4.79 Å². The number of hydrogen-bond donors (Lipinski definition) is 2. The molecule has 1 amide bonds. The molecule has 2 atom stereocenters. The predicted octanol–water partition coefficient (Wildman–Crippen LogP) is 2.57. The Kier molecular flexibility index (Phi) is 6.40. The van der Waals surface area contributed by atoms with E-state index in [2.05, 4.69) is 5.32 Å². The van der Waals surface area contributed by atoms with E-state index in [0.717, 1.165) is 12.0 Å². The van der Waals surface area contributed by atoms with Gasteiger partial charge in [0, 0.05) is 6.26 Å². The molecule has 24 heavy (non-hydrogen) atoms. The zero-order chi connectivity index (χ0) is 17.7. The lowest BCUT2D eigenvalue weighted by atomic mass is 9.85. The minimum absolute atomic E-state index is 0.139. The number of carbonyl (C=O) groups is 1. The van der Waals surface area contributed by atoms with Crippen LogP contribution in [-0.2, 0) is 14.6 Å². The third-order valence-corrected chi connectivity index (χ3v) is 5.94. The fraction of sp³-hybridized carbons (Fsp3) is 0.611. The summed E-state index contributed by atoms with van der Waals surface area (Å²) in [5, 5.41) is 2.93. The van der Waals surface area contributed by atoms with Crippen LogP contribution in [0, 0.1) is 5.92 Å². The van der Waals surface area contributed by atoms with E-state index in [1.165, 1.54) is 38.4 Å². The first-order valence-electron chi connectivity index (χ1n) is 8.63. The van der Waals surface area contributed by atoms with Gasteiger partial charge in [0.25, 0.3) is 0 Å². The van der Waals surface area contributed by atoms with Crippen LogP contribution in [0.3, 0.4) is 0 Å². The molecule has 2 rings (SSSR count). The third-order valence-electron chi connectivity index (χ3n) is 4.82. The normalized spacial score (nSPS) is 18.8. The van der Waals surface area contributed by atoms with Gasteiger partial charge in [0.1, 0.15) is 0 Å². The van der Waals surface area contributed by atoms with Gasteiger partial charge in [-0.1, -0.05) is 44.2 Å². The molecule has 3 N–H and O–H groups in total. The summed E-state index contributed by atoms with van der Waals surface area (Å²) in [6.07, 6.45) is 8.03. The summed E-state index contributed by atoms with van der Waals surface area (Å²) in [7, 11) is -3.21. The van der Waals surface area contributed by atoms with Crippen LogP contribution in [0.4, 0.5) is 0 Å². The summed E-state index contributed by atoms with van der Waals surface area (Å²) in [4.78, 5) is 12.6. The lowest BCUT2D eigenvalue weighted by Gasteiger charge is -2.25. The van der Waals surface area contributed by atoms with Gasteiger partial charge in [-0.15, -0.1) is 0 Å². The number of nitrogens with two attached hydrogens (primary N) is 1. The number of benzene rings is 1. The number of sulfone groups is 1. The number of hydrogen-bond acceptors (Lipinski definition) is 4. The Hall–Kier alpha value is -1.40. The molecule has 6 heteroatoms. The van der Waals surface area contributed by atoms with Crippen molar-refractivity contribution in [1.82, 2.24) is 5.32 Å². The fourth-order valence-electron chi connectivity index (χ4n) is 3.30. The fourth-order valence-corrected chi connectivity index (χ4v) is 3.93. The Morgan fingerprint density at radius 1 is 1.21 bits per heavy atom. The molecule has 0 aromatic heterocycles. The first-order chi connectivity index (χ1) is 11.3. The van der Waals surface area contributed by atoms with Gasteiger partial charge in [0.2, 0.25) is 5.91 Å². The summed E-state index contributed by atoms with van der Waals surface area (Å²) in [5.74, 6) is 0.420. The van der Waals surface area contributed by atoms with Gasteiger partial charge < -0.3 is 11.1 Å². The standard InChI is InChI=1S/C18H28N2O3S/c1-13(15-8-10-16(11-9-15)24(2,22)23)20-18(21)17(19)12-14-6-4-3-5-7-14/h8-11,13-14,17H,3-7,12,19H2,1-2H3,(H,20,21). The van der Waals surface area contributed by atoms with E-state index in [-0.39, 0.29) is 16.8 Å². The molecule has 0 aliphatic heterocycles. The molecular formula is C18H28N2O3S. The van der Waals surface area contributed by atoms with E-state index in [9.17, 15) is 13.2 Å². The van der Waals surface area contributed by atoms with Crippen LogP contribution in [-0.4, -0.2) is 26.6 Å². The molecule has 1 saturated carbocycles. The molecule has 5 nitrogen and oxygen atoms in total. The topological polar surface area (TPSA) is 89.3 Å². The zero-order valence-electron chi connectivity index (χ0n) is 14.5. The van der Waals surface area contributed by atoms with Crippen molar-refractivity contribution < 1.29 is 13.2 Å². The molecule has 1 aliphatic rings. The number of nitrogens with one attached hydrogen (secondary N) is 1. The van der Waals surface area contributed by atoms with Crippen molar-refractivity contribution in [2.75, 3.05) is 6.26 Å². The number of amides is 1. The van der Waals surface area contributed by atoms with Crippen molar-refractivity contribution in [2.45, 2.75) is 62.4 Å². The Bertz CT molecular complexity index is 649. The van der Waals surface area contributed by atoms with Gasteiger partial charge in [-0.25, -0.2) is 8.42 Å². The quantitative estimate of drug-likeness (QED) is 0.823. The number of carbonyl (C=O) groups excluding carboxylic acids is 1. The van der Waals surface area contributed by atoms with Crippen LogP contribution in [0.1, 0.15) is 57.1 Å². The Morgan fingerprint density at radius 3 is 2.33 bits per heavy atom. The maximum atomic E-state index is 12.3. The summed E-state index contributed by atoms with van der Waals surface area (Å²) in [6.45, 7) is 1.88. The van der Waals surface area contributed by atoms with Gasteiger partial charge in [-0.05, 0) is 37.0 Å². The van der Waals surface area contributed by atoms with Crippen LogP contribution in [0.25, 0.3) is 0 Å². The van der Waals surface area contributed by atoms with E-state index in [0.29, 0.717) is 5.92 Å². The molecule has 0 saturated heterocycles. The highest BCUT2D eigenvalue weighted by atomic mass is 32.2. The summed E-state index contributed by atoms with van der Waals surface area (Å²) in [5.41, 5.74) is 6.93. The molecule has 0 bridgehead atoms. The smallest absolute Gasteiger partial charge is 0.237 e. The van der Waals surface area contributed by atoms with E-state index >= 15 is 0 Å².